The fourth-order valence-corrected chi connectivity index (χ4v) is 2.47. The number of aromatic amines is 1. The topological polar surface area (TPSA) is 87.1 Å². The van der Waals surface area contributed by atoms with E-state index in [4.69, 9.17) is 4.42 Å². The number of H-pyrrole nitrogens is 1. The van der Waals surface area contributed by atoms with Gasteiger partial charge in [-0.05, 0) is 44.5 Å². The summed E-state index contributed by atoms with van der Waals surface area (Å²) in [6.45, 7) is 5.44. The maximum atomic E-state index is 12.1. The van der Waals surface area contributed by atoms with Crippen LogP contribution < -0.4 is 10.9 Å². The number of carbonyl (C=O) groups is 2. The van der Waals surface area contributed by atoms with Crippen molar-refractivity contribution in [2.75, 3.05) is 0 Å². The summed E-state index contributed by atoms with van der Waals surface area (Å²) in [6, 6.07) is 9.24. The van der Waals surface area contributed by atoms with Gasteiger partial charge in [0.1, 0.15) is 17.2 Å². The summed E-state index contributed by atoms with van der Waals surface area (Å²) in [4.78, 5) is 27.2. The molecule has 0 bridgehead atoms. The van der Waals surface area contributed by atoms with E-state index in [9.17, 15) is 9.59 Å². The molecule has 6 nitrogen and oxygen atoms in total. The highest BCUT2D eigenvalue weighted by molar-refractivity contribution is 6.01. The first-order valence-corrected chi connectivity index (χ1v) is 7.21. The number of aryl methyl sites for hydroxylation is 3. The van der Waals surface area contributed by atoms with Gasteiger partial charge in [-0.3, -0.25) is 20.4 Å². The molecule has 2 amide bonds. The summed E-state index contributed by atoms with van der Waals surface area (Å²) in [6.07, 6.45) is 0. The molecule has 6 heteroatoms. The first kappa shape index (κ1) is 14.9. The van der Waals surface area contributed by atoms with E-state index in [0.717, 1.165) is 16.5 Å². The number of hydrogen-bond donors (Lipinski definition) is 3. The van der Waals surface area contributed by atoms with Crippen LogP contribution in [0.4, 0.5) is 0 Å². The van der Waals surface area contributed by atoms with Crippen LogP contribution in [0, 0.1) is 20.8 Å². The predicted octanol–water partition coefficient (Wildman–Crippen LogP) is 2.76. The fraction of sp³-hybridized carbons (Fsp3) is 0.176. The van der Waals surface area contributed by atoms with Gasteiger partial charge in [0.15, 0.2) is 0 Å². The van der Waals surface area contributed by atoms with Crippen molar-refractivity contribution < 1.29 is 14.0 Å². The predicted molar refractivity (Wildman–Crippen MR) is 86.2 cm³/mol. The SMILES string of the molecule is Cc1ccc2cc(C(=O)NNC(=O)c3cc(C)oc3C)[nH]c2c1. The highest BCUT2D eigenvalue weighted by atomic mass is 16.3. The summed E-state index contributed by atoms with van der Waals surface area (Å²) in [5.74, 6) is 0.324. The Bertz CT molecular complexity index is 905. The third-order valence-corrected chi connectivity index (χ3v) is 3.60. The van der Waals surface area contributed by atoms with Gasteiger partial charge >= 0.3 is 0 Å². The number of nitrogens with one attached hydrogen (secondary N) is 3. The van der Waals surface area contributed by atoms with Gasteiger partial charge in [0.05, 0.1) is 5.56 Å². The second-order valence-corrected chi connectivity index (χ2v) is 5.51. The third-order valence-electron chi connectivity index (χ3n) is 3.60. The van der Waals surface area contributed by atoms with Crippen molar-refractivity contribution >= 4 is 22.7 Å². The molecule has 0 aliphatic heterocycles. The average Bonchev–Trinajstić information content (AvgIpc) is 3.06. The van der Waals surface area contributed by atoms with Crippen LogP contribution in [0.2, 0.25) is 0 Å². The van der Waals surface area contributed by atoms with Crippen LogP contribution in [0.5, 0.6) is 0 Å². The van der Waals surface area contributed by atoms with Crippen molar-refractivity contribution in [3.63, 3.8) is 0 Å². The van der Waals surface area contributed by atoms with Crippen LogP contribution in [0.15, 0.2) is 34.7 Å². The lowest BCUT2D eigenvalue weighted by molar-refractivity contribution is 0.0843. The van der Waals surface area contributed by atoms with Crippen LogP contribution >= 0.6 is 0 Å². The zero-order valence-corrected chi connectivity index (χ0v) is 13.1. The summed E-state index contributed by atoms with van der Waals surface area (Å²) in [7, 11) is 0. The minimum absolute atomic E-state index is 0.381. The smallest absolute Gasteiger partial charge is 0.286 e. The molecule has 2 aromatic heterocycles. The van der Waals surface area contributed by atoms with Crippen LogP contribution in [0.3, 0.4) is 0 Å². The molecule has 118 valence electrons. The van der Waals surface area contributed by atoms with Gasteiger partial charge in [-0.25, -0.2) is 0 Å². The highest BCUT2D eigenvalue weighted by Gasteiger charge is 2.15. The van der Waals surface area contributed by atoms with Crippen molar-refractivity contribution in [1.82, 2.24) is 15.8 Å². The molecule has 1 aromatic carbocycles. The summed E-state index contributed by atoms with van der Waals surface area (Å²) >= 11 is 0. The molecule has 0 fully saturated rings. The van der Waals surface area contributed by atoms with Gasteiger partial charge in [0.2, 0.25) is 0 Å². The monoisotopic (exact) mass is 311 g/mol. The van der Waals surface area contributed by atoms with Gasteiger partial charge in [-0.1, -0.05) is 12.1 Å². The van der Waals surface area contributed by atoms with Crippen molar-refractivity contribution in [3.8, 4) is 0 Å². The van der Waals surface area contributed by atoms with Crippen molar-refractivity contribution in [1.29, 1.82) is 0 Å². The minimum Gasteiger partial charge on any atom is -0.466 e. The molecule has 0 saturated carbocycles. The Labute approximate surface area is 132 Å². The first-order valence-electron chi connectivity index (χ1n) is 7.21. The number of benzene rings is 1. The molecule has 23 heavy (non-hydrogen) atoms. The Morgan fingerprint density at radius 1 is 1.00 bits per heavy atom. The summed E-state index contributed by atoms with van der Waals surface area (Å²) in [5.41, 5.74) is 7.55. The minimum atomic E-state index is -0.417. The number of aromatic nitrogens is 1. The van der Waals surface area contributed by atoms with Crippen LogP contribution in [0.25, 0.3) is 10.9 Å². The standard InChI is InChI=1S/C17H17N3O3/c1-9-4-5-12-8-15(18-14(12)6-9)17(22)20-19-16(21)13-7-10(2)23-11(13)3/h4-8,18H,1-3H3,(H,19,21)(H,20,22). The van der Waals surface area contributed by atoms with E-state index >= 15 is 0 Å². The fourth-order valence-electron chi connectivity index (χ4n) is 2.47. The molecule has 0 spiro atoms. The van der Waals surface area contributed by atoms with E-state index in [1.54, 1.807) is 26.0 Å². The van der Waals surface area contributed by atoms with Gasteiger partial charge in [-0.15, -0.1) is 0 Å². The number of hydrogen-bond acceptors (Lipinski definition) is 3. The van der Waals surface area contributed by atoms with Crippen LogP contribution in [-0.4, -0.2) is 16.8 Å². The number of amides is 2. The van der Waals surface area contributed by atoms with E-state index in [1.807, 2.05) is 25.1 Å². The zero-order chi connectivity index (χ0) is 16.6. The Hall–Kier alpha value is -3.02. The Kier molecular flexibility index (Phi) is 3.65. The summed E-state index contributed by atoms with van der Waals surface area (Å²) < 4.78 is 5.30. The number of hydrazine groups is 1. The second kappa shape index (κ2) is 5.64. The molecular weight excluding hydrogens is 294 g/mol. The Morgan fingerprint density at radius 2 is 1.74 bits per heavy atom. The molecule has 0 saturated heterocycles. The molecule has 0 aliphatic carbocycles. The lowest BCUT2D eigenvalue weighted by Crippen LogP contribution is -2.41. The van der Waals surface area contributed by atoms with Crippen molar-refractivity contribution in [2.24, 2.45) is 0 Å². The molecule has 0 unspecified atom stereocenters. The second-order valence-electron chi connectivity index (χ2n) is 5.51. The largest absolute Gasteiger partial charge is 0.466 e. The lowest BCUT2D eigenvalue weighted by atomic mass is 10.2. The Morgan fingerprint density at radius 3 is 2.43 bits per heavy atom. The number of carbonyl (C=O) groups excluding carboxylic acids is 2. The Balaban J connectivity index is 1.71. The number of rotatable bonds is 2. The molecule has 0 atom stereocenters. The van der Waals surface area contributed by atoms with Gasteiger partial charge in [0, 0.05) is 10.9 Å². The maximum absolute atomic E-state index is 12.1. The van der Waals surface area contributed by atoms with E-state index < -0.39 is 11.8 Å². The molecule has 3 aromatic rings. The van der Waals surface area contributed by atoms with Crippen LogP contribution in [-0.2, 0) is 0 Å². The van der Waals surface area contributed by atoms with E-state index in [2.05, 4.69) is 15.8 Å². The van der Waals surface area contributed by atoms with E-state index in [-0.39, 0.29) is 0 Å². The van der Waals surface area contributed by atoms with E-state index in [0.29, 0.717) is 22.8 Å². The molecule has 3 rings (SSSR count). The molecule has 0 radical (unpaired) electrons. The highest BCUT2D eigenvalue weighted by Crippen LogP contribution is 2.17. The van der Waals surface area contributed by atoms with Gasteiger partial charge in [0.25, 0.3) is 11.8 Å². The third kappa shape index (κ3) is 2.96. The quantitative estimate of drug-likeness (QED) is 0.636. The average molecular weight is 311 g/mol. The van der Waals surface area contributed by atoms with Gasteiger partial charge < -0.3 is 9.40 Å². The van der Waals surface area contributed by atoms with Crippen LogP contribution in [0.1, 0.15) is 37.9 Å². The maximum Gasteiger partial charge on any atom is 0.286 e. The summed E-state index contributed by atoms with van der Waals surface area (Å²) in [5, 5.41) is 0.938. The first-order chi connectivity index (χ1) is 10.9. The van der Waals surface area contributed by atoms with Crippen molar-refractivity contribution in [2.45, 2.75) is 20.8 Å². The lowest BCUT2D eigenvalue weighted by Gasteiger charge is -2.05. The number of fused-ring (bicyclic) bond motifs is 1. The van der Waals surface area contributed by atoms with E-state index in [1.165, 1.54) is 0 Å². The molecule has 0 aliphatic rings. The van der Waals surface area contributed by atoms with Crippen molar-refractivity contribution in [3.05, 3.63) is 58.7 Å². The van der Waals surface area contributed by atoms with Gasteiger partial charge in [-0.2, -0.15) is 0 Å². The molecule has 3 N–H and O–H groups in total. The zero-order valence-electron chi connectivity index (χ0n) is 13.1. The number of furan rings is 1. The molecule has 2 heterocycles. The molecular formula is C17H17N3O3. The normalized spacial score (nSPS) is 10.7.